The van der Waals surface area contributed by atoms with Gasteiger partial charge in [0.05, 0.1) is 17.3 Å². The molecule has 1 aromatic heterocycles. The number of alkyl halides is 3. The zero-order valence-corrected chi connectivity index (χ0v) is 18.4. The number of hydrogen-bond donors (Lipinski definition) is 0. The largest absolute Gasteiger partial charge is 0.416 e. The van der Waals surface area contributed by atoms with E-state index in [1.54, 1.807) is 28.0 Å². The zero-order chi connectivity index (χ0) is 22.6. The minimum Gasteiger partial charge on any atom is -0.341 e. The van der Waals surface area contributed by atoms with E-state index in [9.17, 15) is 18.0 Å². The van der Waals surface area contributed by atoms with Gasteiger partial charge in [0.15, 0.2) is 0 Å². The fourth-order valence-electron chi connectivity index (χ4n) is 4.12. The Kier molecular flexibility index (Phi) is 7.41. The maximum atomic E-state index is 12.9. The molecule has 8 heteroatoms. The molecule has 1 fully saturated rings. The van der Waals surface area contributed by atoms with Crippen molar-refractivity contribution in [2.45, 2.75) is 45.3 Å². The van der Waals surface area contributed by atoms with Gasteiger partial charge in [0, 0.05) is 38.9 Å². The summed E-state index contributed by atoms with van der Waals surface area (Å²) in [5.41, 5.74) is 0.697. The van der Waals surface area contributed by atoms with Gasteiger partial charge in [-0.2, -0.15) is 18.3 Å². The van der Waals surface area contributed by atoms with Gasteiger partial charge in [-0.1, -0.05) is 18.2 Å². The number of amides is 1. The minimum atomic E-state index is -4.31. The number of piperidine rings is 1. The number of benzene rings is 1. The third-order valence-corrected chi connectivity index (χ3v) is 5.83. The molecule has 0 unspecified atom stereocenters. The second kappa shape index (κ2) is 9.85. The van der Waals surface area contributed by atoms with Crippen LogP contribution < -0.4 is 0 Å². The van der Waals surface area contributed by atoms with Crippen LogP contribution in [0.4, 0.5) is 13.2 Å². The third kappa shape index (κ3) is 6.32. The van der Waals surface area contributed by atoms with Gasteiger partial charge in [0.2, 0.25) is 0 Å². The average molecular weight is 437 g/mol. The van der Waals surface area contributed by atoms with Crippen LogP contribution in [0.15, 0.2) is 36.7 Å². The van der Waals surface area contributed by atoms with Gasteiger partial charge < -0.3 is 9.80 Å². The van der Waals surface area contributed by atoms with E-state index in [1.807, 2.05) is 20.9 Å². The predicted octanol–water partition coefficient (Wildman–Crippen LogP) is 4.51. The molecule has 0 spiro atoms. The third-order valence-electron chi connectivity index (χ3n) is 5.83. The van der Waals surface area contributed by atoms with E-state index in [4.69, 9.17) is 0 Å². The Morgan fingerprint density at radius 2 is 2.10 bits per heavy atom. The first-order valence-corrected chi connectivity index (χ1v) is 10.8. The van der Waals surface area contributed by atoms with Gasteiger partial charge in [-0.15, -0.1) is 0 Å². The SMILES string of the molecule is CC(C)n1cc(C(=O)N(C)C[C@H]2CCCN(CCc3cccc(C(F)(F)F)c3)C2)cn1. The molecular formula is C23H31F3N4O. The Hall–Kier alpha value is -2.35. The fourth-order valence-corrected chi connectivity index (χ4v) is 4.12. The van der Waals surface area contributed by atoms with Gasteiger partial charge >= 0.3 is 6.18 Å². The van der Waals surface area contributed by atoms with Gasteiger partial charge in [0.25, 0.3) is 5.91 Å². The van der Waals surface area contributed by atoms with Gasteiger partial charge in [-0.05, 0) is 57.2 Å². The summed E-state index contributed by atoms with van der Waals surface area (Å²) in [4.78, 5) is 16.8. The maximum absolute atomic E-state index is 12.9. The second-order valence-corrected chi connectivity index (χ2v) is 8.75. The first-order chi connectivity index (χ1) is 14.6. The first-order valence-electron chi connectivity index (χ1n) is 10.8. The Morgan fingerprint density at radius 1 is 1.32 bits per heavy atom. The maximum Gasteiger partial charge on any atom is 0.416 e. The van der Waals surface area contributed by atoms with Crippen molar-refractivity contribution in [2.24, 2.45) is 5.92 Å². The van der Waals surface area contributed by atoms with E-state index in [0.717, 1.165) is 38.5 Å². The van der Waals surface area contributed by atoms with Crippen LogP contribution in [0.25, 0.3) is 0 Å². The van der Waals surface area contributed by atoms with Crippen LogP contribution in [0, 0.1) is 5.92 Å². The van der Waals surface area contributed by atoms with Crippen LogP contribution in [0.2, 0.25) is 0 Å². The Labute approximate surface area is 181 Å². The van der Waals surface area contributed by atoms with E-state index < -0.39 is 11.7 Å². The summed E-state index contributed by atoms with van der Waals surface area (Å²) in [5.74, 6) is 0.317. The van der Waals surface area contributed by atoms with Crippen LogP contribution in [0.3, 0.4) is 0 Å². The summed E-state index contributed by atoms with van der Waals surface area (Å²) in [6.45, 7) is 7.19. The van der Waals surface area contributed by atoms with Crippen LogP contribution in [-0.4, -0.2) is 58.7 Å². The normalized spacial score (nSPS) is 17.8. The number of likely N-dealkylation sites (tertiary alicyclic amines) is 1. The van der Waals surface area contributed by atoms with Crippen molar-refractivity contribution in [1.29, 1.82) is 0 Å². The highest BCUT2D eigenvalue weighted by atomic mass is 19.4. The monoisotopic (exact) mass is 436 g/mol. The van der Waals surface area contributed by atoms with Crippen molar-refractivity contribution in [1.82, 2.24) is 19.6 Å². The second-order valence-electron chi connectivity index (χ2n) is 8.75. The molecule has 5 nitrogen and oxygen atoms in total. The molecule has 1 aliphatic heterocycles. The summed E-state index contributed by atoms with van der Waals surface area (Å²) in [7, 11) is 1.82. The molecule has 31 heavy (non-hydrogen) atoms. The lowest BCUT2D eigenvalue weighted by atomic mass is 9.96. The fraction of sp³-hybridized carbons (Fsp3) is 0.565. The smallest absolute Gasteiger partial charge is 0.341 e. The molecular weight excluding hydrogens is 405 g/mol. The Morgan fingerprint density at radius 3 is 2.77 bits per heavy atom. The van der Waals surface area contributed by atoms with E-state index in [-0.39, 0.29) is 11.9 Å². The molecule has 0 radical (unpaired) electrons. The highest BCUT2D eigenvalue weighted by Crippen LogP contribution is 2.29. The van der Waals surface area contributed by atoms with Crippen molar-refractivity contribution in [3.05, 3.63) is 53.3 Å². The molecule has 1 atom stereocenters. The van der Waals surface area contributed by atoms with Crippen molar-refractivity contribution in [3.8, 4) is 0 Å². The quantitative estimate of drug-likeness (QED) is 0.641. The van der Waals surface area contributed by atoms with E-state index in [0.29, 0.717) is 30.0 Å². The summed E-state index contributed by atoms with van der Waals surface area (Å²) >= 11 is 0. The molecule has 3 rings (SSSR count). The molecule has 1 saturated heterocycles. The number of nitrogens with zero attached hydrogens (tertiary/aromatic N) is 4. The van der Waals surface area contributed by atoms with Crippen LogP contribution in [0.1, 0.15) is 54.2 Å². The topological polar surface area (TPSA) is 41.4 Å². The predicted molar refractivity (Wildman–Crippen MR) is 114 cm³/mol. The number of hydrogen-bond acceptors (Lipinski definition) is 3. The summed E-state index contributed by atoms with van der Waals surface area (Å²) in [6.07, 6.45) is 1.74. The molecule has 170 valence electrons. The molecule has 0 bridgehead atoms. The standard InChI is InChI=1S/C23H31F3N4O/c1-17(2)30-16-20(13-27-30)22(31)28(3)14-19-7-5-10-29(15-19)11-9-18-6-4-8-21(12-18)23(24,25)26/h4,6,8,12-13,16-17,19H,5,7,9-11,14-15H2,1-3H3/t19-/m1/s1. The molecule has 0 aliphatic carbocycles. The zero-order valence-electron chi connectivity index (χ0n) is 18.4. The van der Waals surface area contributed by atoms with E-state index in [1.165, 1.54) is 12.1 Å². The van der Waals surface area contributed by atoms with Gasteiger partial charge in [0.1, 0.15) is 0 Å². The minimum absolute atomic E-state index is 0.0343. The Bertz CT molecular complexity index is 878. The first kappa shape index (κ1) is 23.3. The van der Waals surface area contributed by atoms with Crippen LogP contribution >= 0.6 is 0 Å². The molecule has 1 aliphatic rings. The number of aromatic nitrogens is 2. The van der Waals surface area contributed by atoms with Gasteiger partial charge in [-0.25, -0.2) is 0 Å². The highest BCUT2D eigenvalue weighted by molar-refractivity contribution is 5.93. The molecule has 0 saturated carbocycles. The van der Waals surface area contributed by atoms with E-state index in [2.05, 4.69) is 10.00 Å². The molecule has 2 heterocycles. The number of carbonyl (C=O) groups excluding carboxylic acids is 1. The van der Waals surface area contributed by atoms with E-state index >= 15 is 0 Å². The summed E-state index contributed by atoms with van der Waals surface area (Å²) in [5, 5.41) is 4.24. The van der Waals surface area contributed by atoms with Crippen LogP contribution in [-0.2, 0) is 12.6 Å². The number of carbonyl (C=O) groups is 1. The lowest BCUT2D eigenvalue weighted by Crippen LogP contribution is -2.42. The Balaban J connectivity index is 1.51. The average Bonchev–Trinajstić information content (AvgIpc) is 3.22. The highest BCUT2D eigenvalue weighted by Gasteiger charge is 2.30. The molecule has 1 aromatic carbocycles. The summed E-state index contributed by atoms with van der Waals surface area (Å²) in [6, 6.07) is 5.78. The molecule has 1 amide bonds. The van der Waals surface area contributed by atoms with Crippen LogP contribution in [0.5, 0.6) is 0 Å². The van der Waals surface area contributed by atoms with Gasteiger partial charge in [-0.3, -0.25) is 9.48 Å². The molecule has 2 aromatic rings. The van der Waals surface area contributed by atoms with Crippen molar-refractivity contribution in [3.63, 3.8) is 0 Å². The number of rotatable bonds is 7. The molecule has 0 N–H and O–H groups in total. The lowest BCUT2D eigenvalue weighted by molar-refractivity contribution is -0.137. The summed E-state index contributed by atoms with van der Waals surface area (Å²) < 4.78 is 40.5. The van der Waals surface area contributed by atoms with Crippen molar-refractivity contribution >= 4 is 5.91 Å². The lowest BCUT2D eigenvalue weighted by Gasteiger charge is -2.34. The van der Waals surface area contributed by atoms with Crippen molar-refractivity contribution < 1.29 is 18.0 Å². The number of halogens is 3. The van der Waals surface area contributed by atoms with Crippen molar-refractivity contribution in [2.75, 3.05) is 33.2 Å².